The number of aryl methyl sites for hydroxylation is 1. The van der Waals surface area contributed by atoms with E-state index in [4.69, 9.17) is 0 Å². The van der Waals surface area contributed by atoms with Crippen LogP contribution in [0.15, 0.2) is 0 Å². The molecule has 0 spiro atoms. The molecule has 2 aliphatic rings. The Kier molecular flexibility index (Phi) is 2.65. The summed E-state index contributed by atoms with van der Waals surface area (Å²) in [5, 5.41) is 21.9. The van der Waals surface area contributed by atoms with E-state index in [1.54, 1.807) is 0 Å². The van der Waals surface area contributed by atoms with Gasteiger partial charge in [0.2, 0.25) is 0 Å². The highest BCUT2D eigenvalue weighted by atomic mass is 16.3. The van der Waals surface area contributed by atoms with E-state index in [1.165, 1.54) is 6.42 Å². The molecule has 2 N–H and O–H groups in total. The predicted molar refractivity (Wildman–Crippen MR) is 59.1 cm³/mol. The summed E-state index contributed by atoms with van der Waals surface area (Å²) in [7, 11) is 0. The number of piperidine rings is 1. The van der Waals surface area contributed by atoms with Crippen LogP contribution >= 0.6 is 0 Å². The van der Waals surface area contributed by atoms with Crippen molar-refractivity contribution in [3.05, 3.63) is 11.6 Å². The Morgan fingerprint density at radius 1 is 1.25 bits per heavy atom. The van der Waals surface area contributed by atoms with E-state index in [2.05, 4.69) is 15.5 Å². The maximum absolute atomic E-state index is 10.0. The van der Waals surface area contributed by atoms with Gasteiger partial charge in [-0.1, -0.05) is 0 Å². The number of aliphatic hydroxyl groups excluding tert-OH is 1. The second kappa shape index (κ2) is 4.14. The predicted octanol–water partition coefficient (Wildman–Crippen LogP) is 0.572. The topological polar surface area (TPSA) is 63.0 Å². The summed E-state index contributed by atoms with van der Waals surface area (Å²) < 4.78 is 1.96. The molecule has 88 valence electrons. The minimum atomic E-state index is -0.407. The summed E-state index contributed by atoms with van der Waals surface area (Å²) in [5.41, 5.74) is 0. The highest BCUT2D eigenvalue weighted by molar-refractivity contribution is 5.07. The summed E-state index contributed by atoms with van der Waals surface area (Å²) in [5.74, 6) is 2.36. The van der Waals surface area contributed by atoms with Gasteiger partial charge in [-0.15, -0.1) is 10.2 Å². The van der Waals surface area contributed by atoms with Gasteiger partial charge in [-0.3, -0.25) is 4.57 Å². The highest BCUT2D eigenvalue weighted by Crippen LogP contribution is 2.29. The fraction of sp³-hybridized carbons (Fsp3) is 0.818. The van der Waals surface area contributed by atoms with Gasteiger partial charge >= 0.3 is 0 Å². The Hall–Kier alpha value is -0.940. The van der Waals surface area contributed by atoms with E-state index < -0.39 is 6.23 Å². The van der Waals surface area contributed by atoms with Gasteiger partial charge in [-0.25, -0.2) is 0 Å². The van der Waals surface area contributed by atoms with Gasteiger partial charge in [-0.05, 0) is 32.2 Å². The third-order valence-electron chi connectivity index (χ3n) is 3.62. The molecule has 2 atom stereocenters. The van der Waals surface area contributed by atoms with Crippen LogP contribution in [0.4, 0.5) is 0 Å². The van der Waals surface area contributed by atoms with Crippen molar-refractivity contribution < 1.29 is 5.11 Å². The number of aliphatic hydroxyl groups is 1. The van der Waals surface area contributed by atoms with Gasteiger partial charge in [0.1, 0.15) is 17.9 Å². The zero-order valence-corrected chi connectivity index (χ0v) is 9.39. The average Bonchev–Trinajstić information content (AvgIpc) is 2.75. The van der Waals surface area contributed by atoms with Crippen molar-refractivity contribution >= 4 is 0 Å². The SMILES string of the molecule is OC1CCCc2nnc(C3CCCNC3)n21. The number of hydrogen-bond donors (Lipinski definition) is 2. The van der Waals surface area contributed by atoms with Crippen molar-refractivity contribution in [2.45, 2.75) is 44.2 Å². The lowest BCUT2D eigenvalue weighted by atomic mass is 9.98. The molecule has 3 rings (SSSR count). The second-order valence-corrected chi connectivity index (χ2v) is 4.76. The molecular formula is C11H18N4O. The summed E-state index contributed by atoms with van der Waals surface area (Å²) in [6.45, 7) is 2.06. The van der Waals surface area contributed by atoms with Crippen molar-refractivity contribution in [1.29, 1.82) is 0 Å². The molecule has 0 aromatic carbocycles. The molecule has 1 saturated heterocycles. The third-order valence-corrected chi connectivity index (χ3v) is 3.62. The van der Waals surface area contributed by atoms with Gasteiger partial charge in [0.05, 0.1) is 0 Å². The number of aromatic nitrogens is 3. The molecule has 0 bridgehead atoms. The van der Waals surface area contributed by atoms with Crippen LogP contribution in [-0.2, 0) is 6.42 Å². The van der Waals surface area contributed by atoms with E-state index >= 15 is 0 Å². The summed E-state index contributed by atoms with van der Waals surface area (Å²) in [6.07, 6.45) is 4.72. The number of nitrogens with zero attached hydrogens (tertiary/aromatic N) is 3. The molecule has 3 heterocycles. The molecule has 0 saturated carbocycles. The number of hydrogen-bond acceptors (Lipinski definition) is 4. The van der Waals surface area contributed by atoms with Crippen LogP contribution < -0.4 is 5.32 Å². The van der Waals surface area contributed by atoms with E-state index in [1.807, 2.05) is 4.57 Å². The summed E-state index contributed by atoms with van der Waals surface area (Å²) in [6, 6.07) is 0. The molecule has 1 aromatic rings. The van der Waals surface area contributed by atoms with Gasteiger partial charge in [0, 0.05) is 18.9 Å². The fourth-order valence-corrected chi connectivity index (χ4v) is 2.76. The van der Waals surface area contributed by atoms with E-state index in [-0.39, 0.29) is 0 Å². The number of nitrogens with one attached hydrogen (secondary N) is 1. The Morgan fingerprint density at radius 3 is 3.00 bits per heavy atom. The molecule has 2 unspecified atom stereocenters. The van der Waals surface area contributed by atoms with E-state index in [0.29, 0.717) is 5.92 Å². The van der Waals surface area contributed by atoms with E-state index in [0.717, 1.165) is 50.4 Å². The quantitative estimate of drug-likeness (QED) is 0.729. The lowest BCUT2D eigenvalue weighted by Gasteiger charge is -2.26. The summed E-state index contributed by atoms with van der Waals surface area (Å²) in [4.78, 5) is 0. The summed E-state index contributed by atoms with van der Waals surface area (Å²) >= 11 is 0. The maximum Gasteiger partial charge on any atom is 0.139 e. The van der Waals surface area contributed by atoms with E-state index in [9.17, 15) is 5.11 Å². The Bertz CT molecular complexity index is 370. The zero-order chi connectivity index (χ0) is 11.0. The first-order chi connectivity index (χ1) is 7.86. The average molecular weight is 222 g/mol. The van der Waals surface area contributed by atoms with Crippen LogP contribution in [0.1, 0.15) is 49.5 Å². The van der Waals surface area contributed by atoms with Gasteiger partial charge < -0.3 is 10.4 Å². The van der Waals surface area contributed by atoms with Crippen molar-refractivity contribution in [2.24, 2.45) is 0 Å². The number of rotatable bonds is 1. The molecule has 16 heavy (non-hydrogen) atoms. The minimum Gasteiger partial charge on any atom is -0.373 e. The molecule has 1 aromatic heterocycles. The maximum atomic E-state index is 10.0. The zero-order valence-electron chi connectivity index (χ0n) is 9.39. The standard InChI is InChI=1S/C11H18N4O/c16-10-5-1-4-9-13-14-11(15(9)10)8-3-2-6-12-7-8/h8,10,12,16H,1-7H2. The fourth-order valence-electron chi connectivity index (χ4n) is 2.76. The normalized spacial score (nSPS) is 30.1. The van der Waals surface area contributed by atoms with Crippen LogP contribution in [-0.4, -0.2) is 33.0 Å². The Labute approximate surface area is 94.9 Å². The molecule has 5 heteroatoms. The first-order valence-corrected chi connectivity index (χ1v) is 6.18. The smallest absolute Gasteiger partial charge is 0.139 e. The van der Waals surface area contributed by atoms with Crippen molar-refractivity contribution in [3.8, 4) is 0 Å². The second-order valence-electron chi connectivity index (χ2n) is 4.76. The third kappa shape index (κ3) is 1.64. The van der Waals surface area contributed by atoms with Gasteiger partial charge in [0.25, 0.3) is 0 Å². The van der Waals surface area contributed by atoms with Crippen LogP contribution in [0.2, 0.25) is 0 Å². The lowest BCUT2D eigenvalue weighted by Crippen LogP contribution is -2.31. The Balaban J connectivity index is 1.91. The molecular weight excluding hydrogens is 204 g/mol. The van der Waals surface area contributed by atoms with Crippen LogP contribution in [0, 0.1) is 0 Å². The van der Waals surface area contributed by atoms with Crippen molar-refractivity contribution in [3.63, 3.8) is 0 Å². The molecule has 1 fully saturated rings. The molecule has 0 amide bonds. The van der Waals surface area contributed by atoms with Crippen LogP contribution in [0.25, 0.3) is 0 Å². The number of fused-ring (bicyclic) bond motifs is 1. The van der Waals surface area contributed by atoms with Crippen molar-refractivity contribution in [2.75, 3.05) is 13.1 Å². The molecule has 0 radical (unpaired) electrons. The highest BCUT2D eigenvalue weighted by Gasteiger charge is 2.28. The first-order valence-electron chi connectivity index (χ1n) is 6.18. The molecule has 0 aliphatic carbocycles. The molecule has 2 aliphatic heterocycles. The van der Waals surface area contributed by atoms with Crippen molar-refractivity contribution in [1.82, 2.24) is 20.1 Å². The Morgan fingerprint density at radius 2 is 2.19 bits per heavy atom. The van der Waals surface area contributed by atoms with Crippen LogP contribution in [0.5, 0.6) is 0 Å². The monoisotopic (exact) mass is 222 g/mol. The first kappa shape index (κ1) is 10.2. The molecule has 5 nitrogen and oxygen atoms in total. The van der Waals surface area contributed by atoms with Gasteiger partial charge in [0.15, 0.2) is 0 Å². The lowest BCUT2D eigenvalue weighted by molar-refractivity contribution is 0.0731. The van der Waals surface area contributed by atoms with Gasteiger partial charge in [-0.2, -0.15) is 0 Å². The minimum absolute atomic E-state index is 0.407. The largest absolute Gasteiger partial charge is 0.373 e. The van der Waals surface area contributed by atoms with Crippen LogP contribution in [0.3, 0.4) is 0 Å².